The van der Waals surface area contributed by atoms with Gasteiger partial charge >= 0.3 is 5.69 Å². The fourth-order valence-electron chi connectivity index (χ4n) is 3.04. The topological polar surface area (TPSA) is 120 Å². The number of anilines is 1. The summed E-state index contributed by atoms with van der Waals surface area (Å²) in [6, 6.07) is 18.5. The van der Waals surface area contributed by atoms with Gasteiger partial charge in [0.1, 0.15) is 5.52 Å². The van der Waals surface area contributed by atoms with Crippen molar-refractivity contribution in [2.75, 3.05) is 12.4 Å². The molecule has 1 heterocycles. The van der Waals surface area contributed by atoms with E-state index in [1.54, 1.807) is 18.2 Å². The lowest BCUT2D eigenvalue weighted by Gasteiger charge is -2.10. The van der Waals surface area contributed by atoms with E-state index in [9.17, 15) is 14.9 Å². The van der Waals surface area contributed by atoms with Crippen LogP contribution in [0.4, 0.5) is 11.4 Å². The van der Waals surface area contributed by atoms with Gasteiger partial charge in [0, 0.05) is 22.9 Å². The van der Waals surface area contributed by atoms with Gasteiger partial charge < -0.3 is 14.5 Å². The van der Waals surface area contributed by atoms with E-state index in [2.05, 4.69) is 15.6 Å². The van der Waals surface area contributed by atoms with Crippen LogP contribution < -0.4 is 15.4 Å². The van der Waals surface area contributed by atoms with Crippen molar-refractivity contribution in [1.29, 1.82) is 0 Å². The number of carbonyl (C=O) groups excluding carboxylic acids is 1. The third-order valence-electron chi connectivity index (χ3n) is 4.53. The van der Waals surface area contributed by atoms with E-state index in [1.807, 2.05) is 30.3 Å². The number of nitro groups is 1. The number of carbonyl (C=O) groups is 1. The van der Waals surface area contributed by atoms with Gasteiger partial charge in [0.2, 0.25) is 5.89 Å². The van der Waals surface area contributed by atoms with Gasteiger partial charge in [-0.1, -0.05) is 18.2 Å². The number of benzene rings is 3. The van der Waals surface area contributed by atoms with Crippen molar-refractivity contribution < 1.29 is 18.9 Å². The van der Waals surface area contributed by atoms with Crippen LogP contribution in [-0.4, -0.2) is 28.0 Å². The molecule has 0 aliphatic carbocycles. The van der Waals surface area contributed by atoms with E-state index in [0.717, 1.165) is 17.1 Å². The zero-order valence-electron chi connectivity index (χ0n) is 16.7. The van der Waals surface area contributed by atoms with Crippen molar-refractivity contribution in [3.8, 4) is 17.2 Å². The van der Waals surface area contributed by atoms with Crippen LogP contribution in [0.5, 0.6) is 5.75 Å². The summed E-state index contributed by atoms with van der Waals surface area (Å²) in [7, 11) is 1.32. The Kier molecular flexibility index (Phi) is 5.77. The summed E-state index contributed by atoms with van der Waals surface area (Å²) in [6.45, 7) is 0. The van der Waals surface area contributed by atoms with Crippen LogP contribution >= 0.6 is 12.2 Å². The zero-order valence-corrected chi connectivity index (χ0v) is 17.5. The Bertz CT molecular complexity index is 1320. The molecule has 2 N–H and O–H groups in total. The summed E-state index contributed by atoms with van der Waals surface area (Å²) < 4.78 is 10.7. The fraction of sp³-hybridized carbons (Fsp3) is 0.0455. The van der Waals surface area contributed by atoms with Gasteiger partial charge in [-0.3, -0.25) is 20.2 Å². The van der Waals surface area contributed by atoms with Gasteiger partial charge in [-0.2, -0.15) is 0 Å². The van der Waals surface area contributed by atoms with Crippen LogP contribution in [-0.2, 0) is 0 Å². The molecular weight excluding hydrogens is 432 g/mol. The van der Waals surface area contributed by atoms with Crippen molar-refractivity contribution >= 4 is 45.7 Å². The molecule has 0 saturated heterocycles. The molecule has 0 unspecified atom stereocenters. The van der Waals surface area contributed by atoms with E-state index >= 15 is 0 Å². The molecular formula is C22H16N4O5S. The molecule has 0 atom stereocenters. The van der Waals surface area contributed by atoms with Gasteiger partial charge in [0.15, 0.2) is 16.4 Å². The number of hydrogen-bond donors (Lipinski definition) is 2. The Morgan fingerprint density at radius 2 is 1.94 bits per heavy atom. The number of nitro benzene ring substituents is 1. The minimum atomic E-state index is -0.621. The van der Waals surface area contributed by atoms with E-state index in [1.165, 1.54) is 19.2 Å². The van der Waals surface area contributed by atoms with Gasteiger partial charge in [-0.25, -0.2) is 4.98 Å². The van der Waals surface area contributed by atoms with Crippen molar-refractivity contribution in [3.05, 3.63) is 82.4 Å². The summed E-state index contributed by atoms with van der Waals surface area (Å²) in [5.74, 6) is -0.0815. The van der Waals surface area contributed by atoms with E-state index in [-0.39, 0.29) is 22.1 Å². The Labute approximate surface area is 187 Å². The van der Waals surface area contributed by atoms with Gasteiger partial charge in [0.25, 0.3) is 5.91 Å². The lowest BCUT2D eigenvalue weighted by atomic mass is 10.1. The van der Waals surface area contributed by atoms with Crippen molar-refractivity contribution in [3.63, 3.8) is 0 Å². The van der Waals surface area contributed by atoms with Crippen LogP contribution in [0.1, 0.15) is 10.4 Å². The number of rotatable bonds is 5. The average molecular weight is 448 g/mol. The molecule has 1 amide bonds. The highest BCUT2D eigenvalue weighted by Crippen LogP contribution is 2.28. The molecule has 160 valence electrons. The van der Waals surface area contributed by atoms with Crippen LogP contribution in [0.15, 0.2) is 71.1 Å². The molecule has 9 nitrogen and oxygen atoms in total. The number of thiocarbonyl (C=S) groups is 1. The average Bonchev–Trinajstić information content (AvgIpc) is 3.23. The quantitative estimate of drug-likeness (QED) is 0.259. The number of nitrogens with zero attached hydrogens (tertiary/aromatic N) is 2. The largest absolute Gasteiger partial charge is 0.490 e. The number of nitrogens with one attached hydrogen (secondary N) is 2. The number of ether oxygens (including phenoxy) is 1. The fourth-order valence-corrected chi connectivity index (χ4v) is 3.25. The molecule has 0 saturated carbocycles. The van der Waals surface area contributed by atoms with Crippen LogP contribution in [0, 0.1) is 10.1 Å². The lowest BCUT2D eigenvalue weighted by molar-refractivity contribution is -0.385. The molecule has 1 aromatic heterocycles. The van der Waals surface area contributed by atoms with Crippen molar-refractivity contribution in [2.24, 2.45) is 0 Å². The van der Waals surface area contributed by atoms with Crippen molar-refractivity contribution in [1.82, 2.24) is 10.3 Å². The second-order valence-corrected chi connectivity index (χ2v) is 7.03. The highest BCUT2D eigenvalue weighted by molar-refractivity contribution is 7.80. The first kappa shape index (κ1) is 20.9. The third-order valence-corrected chi connectivity index (χ3v) is 4.73. The molecule has 0 aliphatic heterocycles. The summed E-state index contributed by atoms with van der Waals surface area (Å²) in [6.07, 6.45) is 0. The Balaban J connectivity index is 1.47. The minimum Gasteiger partial charge on any atom is -0.490 e. The molecule has 0 spiro atoms. The number of hydrogen-bond acceptors (Lipinski definition) is 7. The molecule has 0 aliphatic rings. The standard InChI is InChI=1S/C22H16N4O5S/c1-30-19-10-9-13(12-17(19)26(28)29)20(27)25-22(32)23-15-6-4-5-14(11-15)21-24-16-7-2-3-8-18(16)31-21/h2-12H,1H3,(H2,23,25,27,32). The maximum Gasteiger partial charge on any atom is 0.311 e. The van der Waals surface area contributed by atoms with Crippen LogP contribution in [0.2, 0.25) is 0 Å². The van der Waals surface area contributed by atoms with E-state index in [4.69, 9.17) is 21.4 Å². The summed E-state index contributed by atoms with van der Waals surface area (Å²) in [5, 5.41) is 16.6. The monoisotopic (exact) mass is 448 g/mol. The summed E-state index contributed by atoms with van der Waals surface area (Å²) in [4.78, 5) is 27.5. The number of amides is 1. The van der Waals surface area contributed by atoms with Gasteiger partial charge in [0.05, 0.1) is 12.0 Å². The van der Waals surface area contributed by atoms with Crippen molar-refractivity contribution in [2.45, 2.75) is 0 Å². The Hall–Kier alpha value is -4.31. The second kappa shape index (κ2) is 8.82. The molecule has 0 radical (unpaired) electrons. The number of aromatic nitrogens is 1. The summed E-state index contributed by atoms with van der Waals surface area (Å²) in [5.41, 5.74) is 2.52. The van der Waals surface area contributed by atoms with Gasteiger partial charge in [-0.05, 0) is 54.7 Å². The number of methoxy groups -OCH3 is 1. The molecule has 3 aromatic carbocycles. The normalized spacial score (nSPS) is 10.5. The number of para-hydroxylation sites is 2. The SMILES string of the molecule is COc1ccc(C(=O)NC(=S)Nc2cccc(-c3nc4ccccc4o3)c2)cc1[N+](=O)[O-]. The molecule has 0 bridgehead atoms. The molecule has 4 aromatic rings. The lowest BCUT2D eigenvalue weighted by Crippen LogP contribution is -2.34. The van der Waals surface area contributed by atoms with E-state index < -0.39 is 10.8 Å². The minimum absolute atomic E-state index is 0.0307. The maximum absolute atomic E-state index is 12.5. The number of oxazole rings is 1. The first-order valence-corrected chi connectivity index (χ1v) is 9.76. The molecule has 0 fully saturated rings. The highest BCUT2D eigenvalue weighted by Gasteiger charge is 2.19. The summed E-state index contributed by atoms with van der Waals surface area (Å²) >= 11 is 5.22. The first-order valence-electron chi connectivity index (χ1n) is 9.35. The van der Waals surface area contributed by atoms with Gasteiger partial charge in [-0.15, -0.1) is 0 Å². The molecule has 32 heavy (non-hydrogen) atoms. The third kappa shape index (κ3) is 4.40. The Morgan fingerprint density at radius 1 is 1.12 bits per heavy atom. The Morgan fingerprint density at radius 3 is 2.69 bits per heavy atom. The van der Waals surface area contributed by atoms with Crippen LogP contribution in [0.3, 0.4) is 0 Å². The first-order chi connectivity index (χ1) is 15.4. The predicted molar refractivity (Wildman–Crippen MR) is 123 cm³/mol. The highest BCUT2D eigenvalue weighted by atomic mass is 32.1. The predicted octanol–water partition coefficient (Wildman–Crippen LogP) is 4.54. The van der Waals surface area contributed by atoms with Crippen LogP contribution in [0.25, 0.3) is 22.6 Å². The number of fused-ring (bicyclic) bond motifs is 1. The second-order valence-electron chi connectivity index (χ2n) is 6.62. The van der Waals surface area contributed by atoms with E-state index in [0.29, 0.717) is 17.2 Å². The smallest absolute Gasteiger partial charge is 0.311 e. The maximum atomic E-state index is 12.5. The molecule has 4 rings (SSSR count). The zero-order chi connectivity index (χ0) is 22.7. The molecule has 10 heteroatoms.